The summed E-state index contributed by atoms with van der Waals surface area (Å²) in [4.78, 5) is 50.7. The zero-order chi connectivity index (χ0) is 23.6. The van der Waals surface area contributed by atoms with Crippen LogP contribution >= 0.6 is 0 Å². The van der Waals surface area contributed by atoms with Gasteiger partial charge in [0.25, 0.3) is 0 Å². The maximum absolute atomic E-state index is 13.5. The lowest BCUT2D eigenvalue weighted by Crippen LogP contribution is -2.72. The molecule has 0 aromatic carbocycles. The van der Waals surface area contributed by atoms with Crippen LogP contribution in [0.2, 0.25) is 0 Å². The van der Waals surface area contributed by atoms with E-state index < -0.39 is 52.2 Å². The van der Waals surface area contributed by atoms with E-state index >= 15 is 0 Å². The summed E-state index contributed by atoms with van der Waals surface area (Å²) < 4.78 is 17.2. The van der Waals surface area contributed by atoms with E-state index in [9.17, 15) is 24.3 Å². The molecule has 176 valence electrons. The number of carbonyl (C=O) groups is 4. The van der Waals surface area contributed by atoms with Crippen molar-refractivity contribution in [3.8, 4) is 0 Å². The molecular formula is C24H32O8. The third kappa shape index (κ3) is 3.02. The maximum Gasteiger partial charge on any atom is 0.302 e. The molecule has 0 amide bonds. The molecule has 4 fully saturated rings. The molecule has 4 rings (SSSR count). The lowest BCUT2D eigenvalue weighted by atomic mass is 9.42. The van der Waals surface area contributed by atoms with E-state index in [1.165, 1.54) is 13.8 Å². The lowest BCUT2D eigenvalue weighted by Gasteiger charge is -2.64. The maximum atomic E-state index is 13.5. The van der Waals surface area contributed by atoms with E-state index in [4.69, 9.17) is 14.2 Å². The second-order valence-electron chi connectivity index (χ2n) is 10.7. The zero-order valence-electron chi connectivity index (χ0n) is 19.1. The van der Waals surface area contributed by atoms with Gasteiger partial charge in [0.15, 0.2) is 5.78 Å². The second kappa shape index (κ2) is 7.48. The van der Waals surface area contributed by atoms with E-state index in [1.807, 2.05) is 13.8 Å². The molecule has 1 N–H and O–H groups in total. The number of hydrogen-bond donors (Lipinski definition) is 1. The van der Waals surface area contributed by atoms with E-state index in [-0.39, 0.29) is 37.1 Å². The number of ketones is 2. The second-order valence-corrected chi connectivity index (χ2v) is 10.7. The Kier molecular flexibility index (Phi) is 5.41. The zero-order valence-corrected chi connectivity index (χ0v) is 19.1. The molecule has 0 aromatic heterocycles. The number of aliphatic hydroxyl groups excluding tert-OH is 1. The minimum Gasteiger partial charge on any atom is -0.466 e. The Bertz CT molecular complexity index is 890. The van der Waals surface area contributed by atoms with Crippen LogP contribution in [0.1, 0.15) is 47.0 Å². The van der Waals surface area contributed by atoms with Crippen LogP contribution in [0.15, 0.2) is 12.2 Å². The predicted molar refractivity (Wildman–Crippen MR) is 111 cm³/mol. The van der Waals surface area contributed by atoms with Gasteiger partial charge in [-0.2, -0.15) is 0 Å². The normalized spacial score (nSPS) is 42.2. The molecule has 32 heavy (non-hydrogen) atoms. The quantitative estimate of drug-likeness (QED) is 0.392. The molecular weight excluding hydrogens is 416 g/mol. The largest absolute Gasteiger partial charge is 0.466 e. The van der Waals surface area contributed by atoms with Crippen LogP contribution in [-0.2, 0) is 33.4 Å². The van der Waals surface area contributed by atoms with Crippen LogP contribution in [0.5, 0.6) is 0 Å². The molecule has 4 aliphatic rings. The number of Topliss-reactive ketones (excluding diaryl/α,β-unsaturated/α-hetero) is 2. The Morgan fingerprint density at radius 2 is 1.84 bits per heavy atom. The number of carbonyl (C=O) groups excluding carboxylic acids is 4. The SMILES string of the molecule is C=C1C(=O)C23CC1CC(O)C2C1(COC(C)=O)C(CC3=O)OCC(C)(C)C1COC(C)=O. The third-order valence-corrected chi connectivity index (χ3v) is 8.47. The summed E-state index contributed by atoms with van der Waals surface area (Å²) in [5.41, 5.74) is -2.65. The molecule has 7 unspecified atom stereocenters. The summed E-state index contributed by atoms with van der Waals surface area (Å²) in [7, 11) is 0. The average Bonchev–Trinajstić information content (AvgIpc) is 2.89. The van der Waals surface area contributed by atoms with Crippen molar-refractivity contribution in [2.45, 2.75) is 59.2 Å². The highest BCUT2D eigenvalue weighted by Crippen LogP contribution is 2.68. The Balaban J connectivity index is 1.93. The monoisotopic (exact) mass is 448 g/mol. The first kappa shape index (κ1) is 23.1. The Morgan fingerprint density at radius 1 is 1.19 bits per heavy atom. The van der Waals surface area contributed by atoms with E-state index in [2.05, 4.69) is 6.58 Å². The average molecular weight is 449 g/mol. The van der Waals surface area contributed by atoms with Crippen LogP contribution in [0, 0.1) is 34.0 Å². The number of aliphatic hydroxyl groups is 1. The van der Waals surface area contributed by atoms with Crippen LogP contribution in [0.3, 0.4) is 0 Å². The van der Waals surface area contributed by atoms with Gasteiger partial charge in [-0.1, -0.05) is 20.4 Å². The van der Waals surface area contributed by atoms with Crippen molar-refractivity contribution < 1.29 is 38.5 Å². The molecule has 7 atom stereocenters. The van der Waals surface area contributed by atoms with Crippen LogP contribution in [0.4, 0.5) is 0 Å². The summed E-state index contributed by atoms with van der Waals surface area (Å²) in [5.74, 6) is -3.02. The van der Waals surface area contributed by atoms with Gasteiger partial charge in [0.2, 0.25) is 0 Å². The summed E-state index contributed by atoms with van der Waals surface area (Å²) in [6, 6.07) is 0. The molecule has 3 aliphatic carbocycles. The molecule has 1 saturated heterocycles. The first-order chi connectivity index (χ1) is 14.9. The first-order valence-electron chi connectivity index (χ1n) is 11.2. The van der Waals surface area contributed by atoms with E-state index in [0.717, 1.165) is 0 Å². The molecule has 1 heterocycles. The van der Waals surface area contributed by atoms with Crippen molar-refractivity contribution >= 4 is 23.5 Å². The Hall–Kier alpha value is -2.06. The van der Waals surface area contributed by atoms with Crippen molar-refractivity contribution in [3.05, 3.63) is 12.2 Å². The molecule has 2 bridgehead atoms. The van der Waals surface area contributed by atoms with Gasteiger partial charge in [0.1, 0.15) is 12.4 Å². The van der Waals surface area contributed by atoms with Gasteiger partial charge in [-0.05, 0) is 29.7 Å². The van der Waals surface area contributed by atoms with Crippen LogP contribution in [-0.4, -0.2) is 60.6 Å². The van der Waals surface area contributed by atoms with Crippen molar-refractivity contribution in [1.29, 1.82) is 0 Å². The predicted octanol–water partition coefficient (Wildman–Crippen LogP) is 1.63. The summed E-state index contributed by atoms with van der Waals surface area (Å²) in [5, 5.41) is 11.4. The van der Waals surface area contributed by atoms with Crippen molar-refractivity contribution in [1.82, 2.24) is 0 Å². The van der Waals surface area contributed by atoms with Gasteiger partial charge in [-0.3, -0.25) is 19.2 Å². The minimum absolute atomic E-state index is 0.00944. The van der Waals surface area contributed by atoms with Gasteiger partial charge >= 0.3 is 11.9 Å². The fourth-order valence-electron chi connectivity index (χ4n) is 7.19. The van der Waals surface area contributed by atoms with Gasteiger partial charge < -0.3 is 19.3 Å². The number of rotatable bonds is 4. The van der Waals surface area contributed by atoms with Crippen LogP contribution in [0.25, 0.3) is 0 Å². The van der Waals surface area contributed by atoms with Gasteiger partial charge in [-0.25, -0.2) is 0 Å². The molecule has 8 nitrogen and oxygen atoms in total. The number of allylic oxidation sites excluding steroid dienone is 1. The first-order valence-corrected chi connectivity index (χ1v) is 11.2. The highest BCUT2D eigenvalue weighted by molar-refractivity contribution is 6.17. The lowest BCUT2D eigenvalue weighted by molar-refractivity contribution is -0.274. The van der Waals surface area contributed by atoms with Crippen LogP contribution < -0.4 is 0 Å². The third-order valence-electron chi connectivity index (χ3n) is 8.47. The van der Waals surface area contributed by atoms with Crippen molar-refractivity contribution in [2.24, 2.45) is 34.0 Å². The number of esters is 2. The summed E-state index contributed by atoms with van der Waals surface area (Å²) in [6.07, 6.45) is -1.08. The summed E-state index contributed by atoms with van der Waals surface area (Å²) in [6.45, 7) is 10.7. The van der Waals surface area contributed by atoms with E-state index in [0.29, 0.717) is 25.0 Å². The highest BCUT2D eigenvalue weighted by atomic mass is 16.5. The number of hydrogen-bond acceptors (Lipinski definition) is 8. The summed E-state index contributed by atoms with van der Waals surface area (Å²) >= 11 is 0. The standard InChI is InChI=1S/C24H32O8/c1-12-15-6-16(27)20-23(8-15,21(12)29)18(28)7-19-24(20,11-31-14(3)26)17(9-30-13(2)25)22(4,5)10-32-19/h15-17,19-20,27H,1,6-11H2,2-5H3. The topological polar surface area (TPSA) is 116 Å². The fraction of sp³-hybridized carbons (Fsp3) is 0.750. The molecule has 3 saturated carbocycles. The Morgan fingerprint density at radius 3 is 2.47 bits per heavy atom. The minimum atomic E-state index is -1.42. The van der Waals surface area contributed by atoms with Crippen molar-refractivity contribution in [3.63, 3.8) is 0 Å². The number of ether oxygens (including phenoxy) is 3. The van der Waals surface area contributed by atoms with Gasteiger partial charge in [0.05, 0.1) is 30.8 Å². The smallest absolute Gasteiger partial charge is 0.302 e. The van der Waals surface area contributed by atoms with E-state index in [1.54, 1.807) is 0 Å². The Labute approximate surface area is 187 Å². The number of fused-ring (bicyclic) bond motifs is 3. The van der Waals surface area contributed by atoms with Crippen molar-refractivity contribution in [2.75, 3.05) is 19.8 Å². The van der Waals surface area contributed by atoms with Gasteiger partial charge in [0, 0.05) is 37.5 Å². The molecule has 0 aromatic rings. The molecule has 1 aliphatic heterocycles. The fourth-order valence-corrected chi connectivity index (χ4v) is 7.19. The molecule has 0 radical (unpaired) electrons. The molecule has 8 heteroatoms. The highest BCUT2D eigenvalue weighted by Gasteiger charge is 2.76. The van der Waals surface area contributed by atoms with Gasteiger partial charge in [-0.15, -0.1) is 0 Å². The molecule has 1 spiro atoms.